The summed E-state index contributed by atoms with van der Waals surface area (Å²) in [5.74, 6) is 0.562. The van der Waals surface area contributed by atoms with E-state index in [2.05, 4.69) is 9.80 Å². The molecule has 0 N–H and O–H groups in total. The van der Waals surface area contributed by atoms with Crippen molar-refractivity contribution < 1.29 is 14.3 Å². The molecule has 3 aliphatic heterocycles. The molecule has 0 aromatic heterocycles. The summed E-state index contributed by atoms with van der Waals surface area (Å²) in [6.07, 6.45) is -0.538. The zero-order valence-corrected chi connectivity index (χ0v) is 18.1. The average molecular weight is 434 g/mol. The average Bonchev–Trinajstić information content (AvgIpc) is 3.22. The van der Waals surface area contributed by atoms with E-state index in [4.69, 9.17) is 9.73 Å². The van der Waals surface area contributed by atoms with E-state index >= 15 is 0 Å². The van der Waals surface area contributed by atoms with Gasteiger partial charge in [-0.3, -0.25) is 9.69 Å². The molecule has 2 saturated heterocycles. The third-order valence-corrected chi connectivity index (χ3v) is 6.24. The third-order valence-electron chi connectivity index (χ3n) is 6.24. The van der Waals surface area contributed by atoms with Crippen LogP contribution < -0.4 is 0 Å². The number of urea groups is 1. The van der Waals surface area contributed by atoms with E-state index in [9.17, 15) is 9.59 Å². The first-order valence-corrected chi connectivity index (χ1v) is 11.0. The zero-order chi connectivity index (χ0) is 22.1. The molecule has 0 saturated carbocycles. The van der Waals surface area contributed by atoms with Crippen LogP contribution >= 0.6 is 0 Å². The number of hydrogen-bond donors (Lipinski definition) is 0. The molecule has 166 valence electrons. The highest BCUT2D eigenvalue weighted by Gasteiger charge is 2.52. The maximum absolute atomic E-state index is 13.7. The van der Waals surface area contributed by atoms with Gasteiger partial charge < -0.3 is 19.4 Å². The molecular formula is C24H27N5O3. The second kappa shape index (κ2) is 8.63. The molecule has 0 spiro atoms. The van der Waals surface area contributed by atoms with Gasteiger partial charge in [0.15, 0.2) is 18.2 Å². The van der Waals surface area contributed by atoms with E-state index in [-0.39, 0.29) is 18.5 Å². The molecule has 0 unspecified atom stereocenters. The second-order valence-corrected chi connectivity index (χ2v) is 8.30. The molecule has 2 aromatic carbocycles. The van der Waals surface area contributed by atoms with Gasteiger partial charge in [0.2, 0.25) is 0 Å². The summed E-state index contributed by atoms with van der Waals surface area (Å²) in [7, 11) is 1.73. The number of aliphatic imine (C=N–C) groups is 1. The Morgan fingerprint density at radius 2 is 1.50 bits per heavy atom. The monoisotopic (exact) mass is 433 g/mol. The largest absolute Gasteiger partial charge is 0.378 e. The first-order chi connectivity index (χ1) is 15.6. The summed E-state index contributed by atoms with van der Waals surface area (Å²) in [5.41, 5.74) is 2.01. The summed E-state index contributed by atoms with van der Waals surface area (Å²) in [6, 6.07) is 18.8. The lowest BCUT2D eigenvalue weighted by atomic mass is 10.1. The van der Waals surface area contributed by atoms with Gasteiger partial charge in [0.1, 0.15) is 0 Å². The van der Waals surface area contributed by atoms with Crippen LogP contribution in [0.15, 0.2) is 65.7 Å². The van der Waals surface area contributed by atoms with Crippen LogP contribution in [0, 0.1) is 0 Å². The number of morpholine rings is 1. The van der Waals surface area contributed by atoms with Crippen LogP contribution in [0.2, 0.25) is 0 Å². The van der Waals surface area contributed by atoms with Crippen LogP contribution in [0.3, 0.4) is 0 Å². The van der Waals surface area contributed by atoms with E-state index in [1.165, 1.54) is 4.90 Å². The smallest absolute Gasteiger partial charge is 0.328 e. The van der Waals surface area contributed by atoms with Crippen molar-refractivity contribution in [2.24, 2.45) is 4.99 Å². The Labute approximate surface area is 187 Å². The van der Waals surface area contributed by atoms with Crippen molar-refractivity contribution in [3.63, 3.8) is 0 Å². The number of rotatable bonds is 4. The van der Waals surface area contributed by atoms with E-state index in [1.807, 2.05) is 60.7 Å². The van der Waals surface area contributed by atoms with Gasteiger partial charge >= 0.3 is 6.03 Å². The van der Waals surface area contributed by atoms with Gasteiger partial charge in [-0.2, -0.15) is 0 Å². The minimum absolute atomic E-state index is 0.204. The van der Waals surface area contributed by atoms with Gasteiger partial charge in [-0.25, -0.2) is 9.79 Å². The number of nitrogens with zero attached hydrogens (tertiary/aromatic N) is 5. The van der Waals surface area contributed by atoms with Crippen LogP contribution in [0.25, 0.3) is 0 Å². The van der Waals surface area contributed by atoms with Crippen LogP contribution in [0.4, 0.5) is 4.79 Å². The summed E-state index contributed by atoms with van der Waals surface area (Å²) in [6.45, 7) is 3.46. The highest BCUT2D eigenvalue weighted by molar-refractivity contribution is 6.03. The summed E-state index contributed by atoms with van der Waals surface area (Å²) < 4.78 is 5.52. The molecule has 32 heavy (non-hydrogen) atoms. The normalized spacial score (nSPS) is 23.5. The van der Waals surface area contributed by atoms with E-state index in [0.717, 1.165) is 17.1 Å². The van der Waals surface area contributed by atoms with Crippen molar-refractivity contribution in [3.8, 4) is 0 Å². The van der Waals surface area contributed by atoms with Gasteiger partial charge in [-0.15, -0.1) is 0 Å². The van der Waals surface area contributed by atoms with Crippen molar-refractivity contribution >= 4 is 17.9 Å². The molecule has 5 rings (SSSR count). The Kier molecular flexibility index (Phi) is 5.53. The molecule has 0 bridgehead atoms. The quantitative estimate of drug-likeness (QED) is 0.738. The van der Waals surface area contributed by atoms with E-state index < -0.39 is 12.2 Å². The first kappa shape index (κ1) is 20.5. The molecule has 3 amide bonds. The van der Waals surface area contributed by atoms with Crippen molar-refractivity contribution in [1.82, 2.24) is 19.6 Å². The third kappa shape index (κ3) is 3.71. The van der Waals surface area contributed by atoms with Crippen molar-refractivity contribution in [1.29, 1.82) is 0 Å². The zero-order valence-electron chi connectivity index (χ0n) is 18.1. The lowest BCUT2D eigenvalue weighted by Crippen LogP contribution is -2.65. The van der Waals surface area contributed by atoms with Crippen LogP contribution in [0.5, 0.6) is 0 Å². The van der Waals surface area contributed by atoms with Crippen molar-refractivity contribution in [2.45, 2.75) is 25.3 Å². The Balaban J connectivity index is 1.48. The maximum Gasteiger partial charge on any atom is 0.328 e. The Morgan fingerprint density at radius 1 is 0.906 bits per heavy atom. The number of carbonyl (C=O) groups excluding carboxylic acids is 2. The number of amides is 3. The molecule has 3 heterocycles. The van der Waals surface area contributed by atoms with Crippen LogP contribution in [0.1, 0.15) is 11.1 Å². The standard InChI is InChI=1S/C24H27N5O3/c1-26-21-20(22(30)29(24(26)31)17-19-10-6-3-7-11-19)28(16-18-8-4-2-5-9-18)23(25-21)27-12-14-32-15-13-27/h2-11,20-21H,12-17H2,1H3/t20-,21-/m1/s1. The predicted octanol–water partition coefficient (Wildman–Crippen LogP) is 1.98. The number of hydrogen-bond acceptors (Lipinski definition) is 6. The van der Waals surface area contributed by atoms with E-state index in [1.54, 1.807) is 11.9 Å². The number of guanidine groups is 1. The second-order valence-electron chi connectivity index (χ2n) is 8.30. The van der Waals surface area contributed by atoms with Gasteiger partial charge in [0.05, 0.1) is 19.8 Å². The highest BCUT2D eigenvalue weighted by Crippen LogP contribution is 2.31. The Morgan fingerprint density at radius 3 is 2.12 bits per heavy atom. The van der Waals surface area contributed by atoms with E-state index in [0.29, 0.717) is 32.8 Å². The molecule has 2 aromatic rings. The minimum atomic E-state index is -0.556. The number of likely N-dealkylation sites (N-methyl/N-ethyl adjacent to an activating group) is 1. The molecule has 8 heteroatoms. The van der Waals surface area contributed by atoms with Crippen molar-refractivity contribution in [2.75, 3.05) is 33.4 Å². The number of benzene rings is 2. The molecule has 0 aliphatic carbocycles. The summed E-state index contributed by atoms with van der Waals surface area (Å²) in [4.78, 5) is 38.9. The highest BCUT2D eigenvalue weighted by atomic mass is 16.5. The first-order valence-electron chi connectivity index (χ1n) is 11.0. The fourth-order valence-corrected chi connectivity index (χ4v) is 4.55. The number of ether oxygens (including phenoxy) is 1. The molecule has 3 aliphatic rings. The molecule has 8 nitrogen and oxygen atoms in total. The lowest BCUT2D eigenvalue weighted by molar-refractivity contribution is -0.138. The van der Waals surface area contributed by atoms with Gasteiger partial charge in [-0.05, 0) is 11.1 Å². The predicted molar refractivity (Wildman–Crippen MR) is 120 cm³/mol. The van der Waals surface area contributed by atoms with Crippen molar-refractivity contribution in [3.05, 3.63) is 71.8 Å². The van der Waals surface area contributed by atoms with Crippen LogP contribution in [-0.4, -0.2) is 83.1 Å². The van der Waals surface area contributed by atoms with Gasteiger partial charge in [-0.1, -0.05) is 60.7 Å². The molecule has 2 atom stereocenters. The SMILES string of the molecule is CN1C(=O)N(Cc2ccccc2)C(=O)[C@H]2[C@@H]1N=C(N1CCOCC1)N2Cc1ccccc1. The maximum atomic E-state index is 13.7. The molecular weight excluding hydrogens is 406 g/mol. The van der Waals surface area contributed by atoms with Gasteiger partial charge in [0.25, 0.3) is 5.91 Å². The topological polar surface area (TPSA) is 68.7 Å². The Hall–Kier alpha value is -3.39. The number of fused-ring (bicyclic) bond motifs is 1. The minimum Gasteiger partial charge on any atom is -0.378 e. The Bertz CT molecular complexity index is 1010. The summed E-state index contributed by atoms with van der Waals surface area (Å²) in [5, 5.41) is 0. The number of carbonyl (C=O) groups is 2. The lowest BCUT2D eigenvalue weighted by Gasteiger charge is -2.42. The fourth-order valence-electron chi connectivity index (χ4n) is 4.55. The number of imide groups is 1. The van der Waals surface area contributed by atoms with Crippen LogP contribution in [-0.2, 0) is 22.6 Å². The summed E-state index contributed by atoms with van der Waals surface area (Å²) >= 11 is 0. The molecule has 2 fully saturated rings. The molecule has 0 radical (unpaired) electrons. The fraction of sp³-hybridized carbons (Fsp3) is 0.375. The van der Waals surface area contributed by atoms with Gasteiger partial charge in [0, 0.05) is 26.7 Å².